The Morgan fingerprint density at radius 2 is 1.79 bits per heavy atom. The lowest BCUT2D eigenvalue weighted by Gasteiger charge is -2.17. The number of hydrogen-bond acceptors (Lipinski definition) is 3. The Morgan fingerprint density at radius 1 is 1.11 bits per heavy atom. The first-order valence-electron chi connectivity index (χ1n) is 8.78. The highest BCUT2D eigenvalue weighted by Gasteiger charge is 2.23. The van der Waals surface area contributed by atoms with Crippen LogP contribution in [0.1, 0.15) is 37.5 Å². The van der Waals surface area contributed by atoms with Gasteiger partial charge in [-0.2, -0.15) is 5.10 Å². The van der Waals surface area contributed by atoms with E-state index in [1.807, 2.05) is 36.4 Å². The number of carbonyl (C=O) groups is 2. The van der Waals surface area contributed by atoms with Crippen molar-refractivity contribution in [3.8, 4) is 0 Å². The number of aryl methyl sites for hydroxylation is 1. The maximum Gasteiger partial charge on any atom is 0.258 e. The molecular weight excluding hydrogens is 376 g/mol. The van der Waals surface area contributed by atoms with Crippen LogP contribution in [0.4, 0.5) is 0 Å². The average Bonchev–Trinajstić information content (AvgIpc) is 2.95. The van der Waals surface area contributed by atoms with Crippen LogP contribution < -0.4 is 5.73 Å². The maximum atomic E-state index is 13.0. The second-order valence-electron chi connectivity index (χ2n) is 6.62. The number of benzene rings is 2. The van der Waals surface area contributed by atoms with Gasteiger partial charge in [-0.25, -0.2) is 4.68 Å². The largest absolute Gasteiger partial charge is 0.366 e. The zero-order valence-electron chi connectivity index (χ0n) is 15.7. The van der Waals surface area contributed by atoms with Crippen LogP contribution in [0.25, 0.3) is 0 Å². The van der Waals surface area contributed by atoms with Crippen LogP contribution in [0.3, 0.4) is 0 Å². The number of rotatable bonds is 6. The minimum atomic E-state index is -0.503. The van der Waals surface area contributed by atoms with Crippen molar-refractivity contribution in [2.45, 2.75) is 20.0 Å². The summed E-state index contributed by atoms with van der Waals surface area (Å²) in [6, 6.07) is 16.7. The van der Waals surface area contributed by atoms with E-state index >= 15 is 0 Å². The van der Waals surface area contributed by atoms with Crippen LogP contribution in [0.5, 0.6) is 0 Å². The van der Waals surface area contributed by atoms with Crippen molar-refractivity contribution in [2.75, 3.05) is 7.05 Å². The molecule has 3 aromatic rings. The third kappa shape index (κ3) is 4.23. The van der Waals surface area contributed by atoms with E-state index < -0.39 is 5.91 Å². The van der Waals surface area contributed by atoms with Gasteiger partial charge in [-0.15, -0.1) is 0 Å². The first-order chi connectivity index (χ1) is 13.4. The van der Waals surface area contributed by atoms with Crippen molar-refractivity contribution in [1.82, 2.24) is 14.7 Å². The fraction of sp³-hybridized carbons (Fsp3) is 0.190. The van der Waals surface area contributed by atoms with Crippen LogP contribution >= 0.6 is 11.6 Å². The van der Waals surface area contributed by atoms with Crippen molar-refractivity contribution in [3.63, 3.8) is 0 Å². The summed E-state index contributed by atoms with van der Waals surface area (Å²) in [7, 11) is 1.68. The Balaban J connectivity index is 1.80. The van der Waals surface area contributed by atoms with E-state index in [1.165, 1.54) is 0 Å². The van der Waals surface area contributed by atoms with E-state index in [1.54, 1.807) is 41.8 Å². The van der Waals surface area contributed by atoms with Crippen LogP contribution in [0.2, 0.25) is 5.15 Å². The molecule has 3 rings (SSSR count). The van der Waals surface area contributed by atoms with Crippen molar-refractivity contribution < 1.29 is 9.59 Å². The molecular formula is C21H21ClN4O2. The fourth-order valence-electron chi connectivity index (χ4n) is 3.02. The van der Waals surface area contributed by atoms with Gasteiger partial charge >= 0.3 is 0 Å². The number of nitrogens with zero attached hydrogens (tertiary/aromatic N) is 3. The quantitative estimate of drug-likeness (QED) is 0.694. The average molecular weight is 397 g/mol. The molecule has 1 aromatic heterocycles. The Labute approximate surface area is 168 Å². The summed E-state index contributed by atoms with van der Waals surface area (Å²) >= 11 is 6.48. The predicted molar refractivity (Wildman–Crippen MR) is 108 cm³/mol. The standard InChI is InChI=1S/C21H21ClN4O2/c1-14-18(19(22)26(24-14)13-15-7-4-3-5-8-15)21(28)25(2)12-16-9-6-10-17(11-16)20(23)27/h3-11H,12-13H2,1-2H3,(H2,23,27). The summed E-state index contributed by atoms with van der Waals surface area (Å²) in [5, 5.41) is 4.74. The molecule has 0 unspecified atom stereocenters. The number of primary amides is 1. The molecule has 6 nitrogen and oxygen atoms in total. The van der Waals surface area contributed by atoms with Gasteiger partial charge in [0.1, 0.15) is 5.15 Å². The summed E-state index contributed by atoms with van der Waals surface area (Å²) in [6.07, 6.45) is 0. The van der Waals surface area contributed by atoms with Crippen molar-refractivity contribution in [1.29, 1.82) is 0 Å². The van der Waals surface area contributed by atoms with Gasteiger partial charge in [-0.05, 0) is 30.2 Å². The molecule has 2 aromatic carbocycles. The number of nitrogens with two attached hydrogens (primary N) is 1. The molecule has 28 heavy (non-hydrogen) atoms. The lowest BCUT2D eigenvalue weighted by molar-refractivity contribution is 0.0784. The van der Waals surface area contributed by atoms with Crippen LogP contribution in [-0.4, -0.2) is 33.5 Å². The molecule has 7 heteroatoms. The first kappa shape index (κ1) is 19.6. The topological polar surface area (TPSA) is 81.2 Å². The van der Waals surface area contributed by atoms with Gasteiger partial charge in [-0.3, -0.25) is 9.59 Å². The molecule has 0 aliphatic heterocycles. The SMILES string of the molecule is Cc1nn(Cc2ccccc2)c(Cl)c1C(=O)N(C)Cc1cccc(C(N)=O)c1. The second kappa shape index (κ2) is 8.27. The molecule has 0 aliphatic carbocycles. The minimum absolute atomic E-state index is 0.230. The normalized spacial score (nSPS) is 10.7. The Bertz CT molecular complexity index is 1010. The van der Waals surface area contributed by atoms with Gasteiger partial charge in [0, 0.05) is 19.2 Å². The van der Waals surface area contributed by atoms with Gasteiger partial charge < -0.3 is 10.6 Å². The summed E-state index contributed by atoms with van der Waals surface area (Å²) in [6.45, 7) is 2.57. The molecule has 0 bridgehead atoms. The van der Waals surface area contributed by atoms with Gasteiger partial charge in [0.2, 0.25) is 5.91 Å². The molecule has 0 aliphatic rings. The highest BCUT2D eigenvalue weighted by molar-refractivity contribution is 6.33. The number of hydrogen-bond donors (Lipinski definition) is 1. The molecule has 0 fully saturated rings. The maximum absolute atomic E-state index is 13.0. The molecule has 0 atom stereocenters. The third-order valence-electron chi connectivity index (χ3n) is 4.43. The molecule has 0 saturated carbocycles. The number of aromatic nitrogens is 2. The van der Waals surface area contributed by atoms with Crippen molar-refractivity contribution >= 4 is 23.4 Å². The zero-order valence-corrected chi connectivity index (χ0v) is 16.5. The summed E-state index contributed by atoms with van der Waals surface area (Å²) < 4.78 is 1.63. The molecule has 1 heterocycles. The minimum Gasteiger partial charge on any atom is -0.366 e. The van der Waals surface area contributed by atoms with Gasteiger partial charge in [0.15, 0.2) is 0 Å². The van der Waals surface area contributed by atoms with E-state index in [0.717, 1.165) is 11.1 Å². The Hall–Kier alpha value is -3.12. The first-order valence-corrected chi connectivity index (χ1v) is 9.15. The summed E-state index contributed by atoms with van der Waals surface area (Å²) in [5.41, 5.74) is 8.53. The summed E-state index contributed by atoms with van der Waals surface area (Å²) in [5.74, 6) is -0.733. The molecule has 2 N–H and O–H groups in total. The number of carbonyl (C=O) groups excluding carboxylic acids is 2. The monoisotopic (exact) mass is 396 g/mol. The van der Waals surface area contributed by atoms with Gasteiger partial charge in [-0.1, -0.05) is 54.1 Å². The zero-order chi connectivity index (χ0) is 20.3. The fourth-order valence-corrected chi connectivity index (χ4v) is 3.33. The molecule has 0 saturated heterocycles. The van der Waals surface area contributed by atoms with Crippen LogP contribution in [0, 0.1) is 6.92 Å². The molecule has 144 valence electrons. The van der Waals surface area contributed by atoms with E-state index in [-0.39, 0.29) is 5.91 Å². The number of halogens is 1. The van der Waals surface area contributed by atoms with E-state index in [9.17, 15) is 9.59 Å². The molecule has 0 radical (unpaired) electrons. The highest BCUT2D eigenvalue weighted by Crippen LogP contribution is 2.23. The Morgan fingerprint density at radius 3 is 2.46 bits per heavy atom. The van der Waals surface area contributed by atoms with Crippen molar-refractivity contribution in [2.24, 2.45) is 5.73 Å². The summed E-state index contributed by atoms with van der Waals surface area (Å²) in [4.78, 5) is 25.9. The van der Waals surface area contributed by atoms with Crippen LogP contribution in [-0.2, 0) is 13.1 Å². The molecule has 2 amide bonds. The molecule has 0 spiro atoms. The third-order valence-corrected chi connectivity index (χ3v) is 4.82. The second-order valence-corrected chi connectivity index (χ2v) is 6.98. The predicted octanol–water partition coefficient (Wildman–Crippen LogP) is 3.26. The van der Waals surface area contributed by atoms with E-state index in [0.29, 0.717) is 35.1 Å². The lowest BCUT2D eigenvalue weighted by atomic mass is 10.1. The van der Waals surface area contributed by atoms with Gasteiger partial charge in [0.05, 0.1) is 17.8 Å². The van der Waals surface area contributed by atoms with E-state index in [2.05, 4.69) is 5.10 Å². The van der Waals surface area contributed by atoms with Gasteiger partial charge in [0.25, 0.3) is 5.91 Å². The number of amides is 2. The van der Waals surface area contributed by atoms with E-state index in [4.69, 9.17) is 17.3 Å². The smallest absolute Gasteiger partial charge is 0.258 e. The van der Waals surface area contributed by atoms with Crippen molar-refractivity contribution in [3.05, 3.63) is 87.7 Å². The lowest BCUT2D eigenvalue weighted by Crippen LogP contribution is -2.27. The van der Waals surface area contributed by atoms with Crippen LogP contribution in [0.15, 0.2) is 54.6 Å². The highest BCUT2D eigenvalue weighted by atomic mass is 35.5. The Kier molecular flexibility index (Phi) is 5.80.